The Bertz CT molecular complexity index is 934. The van der Waals surface area contributed by atoms with Gasteiger partial charge in [0.05, 0.1) is 10.5 Å². The summed E-state index contributed by atoms with van der Waals surface area (Å²) < 4.78 is 38.2. The van der Waals surface area contributed by atoms with Crippen LogP contribution >= 0.6 is 11.3 Å². The minimum atomic E-state index is -3.97. The number of benzene rings is 1. The lowest BCUT2D eigenvalue weighted by Crippen LogP contribution is -2.25. The van der Waals surface area contributed by atoms with Gasteiger partial charge in [-0.05, 0) is 36.2 Å². The van der Waals surface area contributed by atoms with Crippen LogP contribution in [0.25, 0.3) is 0 Å². The predicted octanol–water partition coefficient (Wildman–Crippen LogP) is 3.05. The molecule has 0 saturated heterocycles. The van der Waals surface area contributed by atoms with Gasteiger partial charge < -0.3 is 11.1 Å². The van der Waals surface area contributed by atoms with E-state index in [9.17, 15) is 22.4 Å². The number of sulfone groups is 1. The second-order valence-corrected chi connectivity index (χ2v) is 9.38. The van der Waals surface area contributed by atoms with Gasteiger partial charge in [0.1, 0.15) is 15.0 Å². The summed E-state index contributed by atoms with van der Waals surface area (Å²) in [5.74, 6) is -2.03. The van der Waals surface area contributed by atoms with Crippen LogP contribution in [0.1, 0.15) is 31.1 Å². The van der Waals surface area contributed by atoms with Crippen LogP contribution in [0.4, 0.5) is 9.39 Å². The van der Waals surface area contributed by atoms with E-state index in [2.05, 4.69) is 5.32 Å². The smallest absolute Gasteiger partial charge is 0.251 e. The van der Waals surface area contributed by atoms with Gasteiger partial charge in [-0.15, -0.1) is 11.3 Å². The molecule has 6 nitrogen and oxygen atoms in total. The molecule has 26 heavy (non-hydrogen) atoms. The molecule has 1 atom stereocenters. The van der Waals surface area contributed by atoms with E-state index < -0.39 is 21.6 Å². The number of carbonyl (C=O) groups excluding carboxylic acids is 2. The van der Waals surface area contributed by atoms with E-state index in [0.717, 1.165) is 41.7 Å². The quantitative estimate of drug-likeness (QED) is 0.729. The molecular formula is C17H19FN2O4S2. The van der Waals surface area contributed by atoms with Gasteiger partial charge in [0, 0.05) is 5.92 Å². The summed E-state index contributed by atoms with van der Waals surface area (Å²) in [4.78, 5) is 23.8. The summed E-state index contributed by atoms with van der Waals surface area (Å²) >= 11 is 0.737. The average molecular weight is 398 g/mol. The number of hydrogen-bond acceptors (Lipinski definition) is 5. The van der Waals surface area contributed by atoms with Gasteiger partial charge in [0.15, 0.2) is 0 Å². The molecule has 2 amide bonds. The summed E-state index contributed by atoms with van der Waals surface area (Å²) in [6.45, 7) is 5.48. The number of amides is 2. The summed E-state index contributed by atoms with van der Waals surface area (Å²) in [5, 5.41) is 2.66. The molecule has 0 aliphatic carbocycles. The van der Waals surface area contributed by atoms with Crippen molar-refractivity contribution in [3.8, 4) is 0 Å². The van der Waals surface area contributed by atoms with Crippen LogP contribution in [0.3, 0.4) is 0 Å². The van der Waals surface area contributed by atoms with Crippen molar-refractivity contribution in [2.24, 2.45) is 17.6 Å². The van der Waals surface area contributed by atoms with E-state index in [4.69, 9.17) is 5.73 Å². The molecule has 0 radical (unpaired) electrons. The minimum Gasteiger partial charge on any atom is -0.366 e. The molecule has 1 heterocycles. The SMILES string of the molecule is CC(C)C(C)C(=O)Nc1sc(S(=O)(=O)c2ccc(F)cc2)cc1C(N)=O. The van der Waals surface area contributed by atoms with Crippen molar-refractivity contribution in [1.29, 1.82) is 0 Å². The monoisotopic (exact) mass is 398 g/mol. The second kappa shape index (κ2) is 7.55. The van der Waals surface area contributed by atoms with Gasteiger partial charge in [0.25, 0.3) is 5.91 Å². The molecule has 2 aromatic rings. The van der Waals surface area contributed by atoms with Gasteiger partial charge in [-0.3, -0.25) is 9.59 Å². The van der Waals surface area contributed by atoms with Crippen LogP contribution in [0, 0.1) is 17.7 Å². The van der Waals surface area contributed by atoms with E-state index in [-0.39, 0.29) is 37.4 Å². The zero-order valence-corrected chi connectivity index (χ0v) is 16.1. The van der Waals surface area contributed by atoms with Crippen LogP contribution < -0.4 is 11.1 Å². The molecule has 0 spiro atoms. The number of hydrogen-bond donors (Lipinski definition) is 2. The highest BCUT2D eigenvalue weighted by molar-refractivity contribution is 7.93. The number of primary amides is 1. The number of rotatable bonds is 6. The highest BCUT2D eigenvalue weighted by Crippen LogP contribution is 2.35. The largest absolute Gasteiger partial charge is 0.366 e. The van der Waals surface area contributed by atoms with Crippen molar-refractivity contribution < 1.29 is 22.4 Å². The summed E-state index contributed by atoms with van der Waals surface area (Å²) in [6.07, 6.45) is 0. The van der Waals surface area contributed by atoms with Gasteiger partial charge >= 0.3 is 0 Å². The highest BCUT2D eigenvalue weighted by Gasteiger charge is 2.26. The molecule has 1 aromatic carbocycles. The number of carbonyl (C=O) groups is 2. The molecule has 0 aliphatic rings. The lowest BCUT2D eigenvalue weighted by Gasteiger charge is -2.14. The number of nitrogens with one attached hydrogen (secondary N) is 1. The molecular weight excluding hydrogens is 379 g/mol. The summed E-state index contributed by atoms with van der Waals surface area (Å²) in [6, 6.07) is 5.45. The molecule has 0 fully saturated rings. The molecule has 0 saturated carbocycles. The molecule has 0 bridgehead atoms. The zero-order chi connectivity index (χ0) is 19.6. The predicted molar refractivity (Wildman–Crippen MR) is 97.3 cm³/mol. The maximum Gasteiger partial charge on any atom is 0.251 e. The Morgan fingerprint density at radius 3 is 2.23 bits per heavy atom. The Morgan fingerprint density at radius 2 is 1.73 bits per heavy atom. The van der Waals surface area contributed by atoms with Crippen molar-refractivity contribution >= 4 is 38.0 Å². The first-order valence-electron chi connectivity index (χ1n) is 7.79. The van der Waals surface area contributed by atoms with Crippen molar-refractivity contribution in [3.63, 3.8) is 0 Å². The fraction of sp³-hybridized carbons (Fsp3) is 0.294. The Hall–Kier alpha value is -2.26. The first kappa shape index (κ1) is 20.1. The maximum atomic E-state index is 13.0. The molecule has 3 N–H and O–H groups in total. The third kappa shape index (κ3) is 4.10. The molecule has 1 aromatic heterocycles. The number of halogens is 1. The van der Waals surface area contributed by atoms with Crippen molar-refractivity contribution in [2.75, 3.05) is 5.32 Å². The van der Waals surface area contributed by atoms with Crippen LogP contribution in [0.15, 0.2) is 39.4 Å². The molecule has 2 rings (SSSR count). The third-order valence-electron chi connectivity index (χ3n) is 4.01. The Balaban J connectivity index is 2.44. The Kier molecular flexibility index (Phi) is 5.82. The average Bonchev–Trinajstić information content (AvgIpc) is 2.99. The standard InChI is InChI=1S/C17H19FN2O4S2/c1-9(2)10(3)16(22)20-17-13(15(19)21)8-14(25-17)26(23,24)12-6-4-11(18)5-7-12/h4-10H,1-3H3,(H2,19,21)(H,20,22). The summed E-state index contributed by atoms with van der Waals surface area (Å²) in [5.41, 5.74) is 5.23. The van der Waals surface area contributed by atoms with E-state index in [1.54, 1.807) is 6.92 Å². The second-order valence-electron chi connectivity index (χ2n) is 6.15. The first-order chi connectivity index (χ1) is 12.0. The van der Waals surface area contributed by atoms with E-state index in [1.165, 1.54) is 0 Å². The van der Waals surface area contributed by atoms with Crippen LogP contribution in [-0.2, 0) is 14.6 Å². The van der Waals surface area contributed by atoms with Crippen molar-refractivity contribution in [2.45, 2.75) is 29.9 Å². The van der Waals surface area contributed by atoms with E-state index >= 15 is 0 Å². The fourth-order valence-electron chi connectivity index (χ4n) is 2.04. The van der Waals surface area contributed by atoms with E-state index in [1.807, 2.05) is 13.8 Å². The molecule has 1 unspecified atom stereocenters. The highest BCUT2D eigenvalue weighted by atomic mass is 32.2. The number of nitrogens with two attached hydrogens (primary N) is 1. The normalized spacial score (nSPS) is 12.8. The van der Waals surface area contributed by atoms with Crippen molar-refractivity contribution in [3.05, 3.63) is 41.7 Å². The molecule has 140 valence electrons. The lowest BCUT2D eigenvalue weighted by atomic mass is 9.97. The van der Waals surface area contributed by atoms with Gasteiger partial charge in [-0.25, -0.2) is 12.8 Å². The van der Waals surface area contributed by atoms with Gasteiger partial charge in [-0.1, -0.05) is 20.8 Å². The minimum absolute atomic E-state index is 0.0643. The zero-order valence-electron chi connectivity index (χ0n) is 14.4. The van der Waals surface area contributed by atoms with Crippen LogP contribution in [0.2, 0.25) is 0 Å². The van der Waals surface area contributed by atoms with Crippen LogP contribution in [-0.4, -0.2) is 20.2 Å². The summed E-state index contributed by atoms with van der Waals surface area (Å²) in [7, 11) is -3.97. The molecule has 9 heteroatoms. The first-order valence-corrected chi connectivity index (χ1v) is 10.1. The number of thiophene rings is 1. The van der Waals surface area contributed by atoms with Gasteiger partial charge in [0.2, 0.25) is 15.7 Å². The van der Waals surface area contributed by atoms with Crippen molar-refractivity contribution in [1.82, 2.24) is 0 Å². The number of anilines is 1. The van der Waals surface area contributed by atoms with Crippen LogP contribution in [0.5, 0.6) is 0 Å². The topological polar surface area (TPSA) is 106 Å². The lowest BCUT2D eigenvalue weighted by molar-refractivity contribution is -0.120. The molecule has 0 aliphatic heterocycles. The third-order valence-corrected chi connectivity index (χ3v) is 7.31. The fourth-order valence-corrected chi connectivity index (χ4v) is 4.81. The Morgan fingerprint density at radius 1 is 1.15 bits per heavy atom. The van der Waals surface area contributed by atoms with Gasteiger partial charge in [-0.2, -0.15) is 0 Å². The maximum absolute atomic E-state index is 13.0. The van der Waals surface area contributed by atoms with E-state index in [0.29, 0.717) is 0 Å². The Labute approximate surface area is 155 Å².